The van der Waals surface area contributed by atoms with Crippen LogP contribution in [0.5, 0.6) is 0 Å². The molecule has 1 saturated heterocycles. The molecule has 2 rings (SSSR count). The molecule has 0 spiro atoms. The van der Waals surface area contributed by atoms with Crippen LogP contribution in [0.3, 0.4) is 0 Å². The first-order valence-corrected chi connectivity index (χ1v) is 5.68. The second-order valence-corrected chi connectivity index (χ2v) is 4.14. The second kappa shape index (κ2) is 8.97. The number of ether oxygens (including phenoxy) is 1. The number of nitrogen functional groups attached to an aromatic ring is 1. The van der Waals surface area contributed by atoms with Crippen LogP contribution in [-0.2, 0) is 21.8 Å². The maximum atomic E-state index is 10.3. The summed E-state index contributed by atoms with van der Waals surface area (Å²) in [6.07, 6.45) is 2.63. The molecule has 1 atom stereocenters. The van der Waals surface area contributed by atoms with Gasteiger partial charge in [0.05, 0.1) is 0 Å². The summed E-state index contributed by atoms with van der Waals surface area (Å²) < 4.78 is 5.18. The van der Waals surface area contributed by atoms with Crippen LogP contribution in [0.1, 0.15) is 30.1 Å². The number of nitrogens with two attached hydrogens (primary N) is 1. The predicted molar refractivity (Wildman–Crippen MR) is 65.9 cm³/mol. The molecule has 18 heavy (non-hydrogen) atoms. The minimum Gasteiger partial charge on any atom is -0.479 e. The van der Waals surface area contributed by atoms with Gasteiger partial charge in [-0.1, -0.05) is 12.6 Å². The van der Waals surface area contributed by atoms with Crippen molar-refractivity contribution in [1.29, 1.82) is 0 Å². The molecule has 1 aromatic rings. The van der Waals surface area contributed by atoms with Gasteiger partial charge in [-0.05, 0) is 24.3 Å². The van der Waals surface area contributed by atoms with Crippen molar-refractivity contribution in [2.24, 2.45) is 5.92 Å². The van der Waals surface area contributed by atoms with Gasteiger partial charge < -0.3 is 15.6 Å². The molecule has 0 saturated carbocycles. The fourth-order valence-corrected chi connectivity index (χ4v) is 1.54. The molecule has 5 heteroatoms. The number of hydrogen-bond acceptors (Lipinski definition) is 3. The minimum absolute atomic E-state index is 0. The number of anilines is 1. The monoisotopic (exact) mass is 292 g/mol. The van der Waals surface area contributed by atoms with Crippen LogP contribution in [0.2, 0.25) is 0 Å². The first kappa shape index (κ1) is 17.0. The van der Waals surface area contributed by atoms with Gasteiger partial charge in [0, 0.05) is 30.3 Å². The Labute approximate surface area is 118 Å². The average molecular weight is 292 g/mol. The largest absolute Gasteiger partial charge is 0.479 e. The maximum absolute atomic E-state index is 10.3. The Morgan fingerprint density at radius 1 is 1.61 bits per heavy atom. The predicted octanol–water partition coefficient (Wildman–Crippen LogP) is 2.20. The van der Waals surface area contributed by atoms with Crippen LogP contribution in [-0.4, -0.2) is 24.3 Å². The van der Waals surface area contributed by atoms with Crippen molar-refractivity contribution in [2.45, 2.75) is 19.8 Å². The van der Waals surface area contributed by atoms with Crippen LogP contribution in [0.4, 0.5) is 5.69 Å². The number of carboxylic acids is 1. The zero-order valence-corrected chi connectivity index (χ0v) is 11.4. The van der Waals surface area contributed by atoms with Crippen molar-refractivity contribution in [2.75, 3.05) is 18.9 Å². The molecular formula is C13H18FeNO3-. The van der Waals surface area contributed by atoms with E-state index in [0.29, 0.717) is 0 Å². The van der Waals surface area contributed by atoms with Crippen molar-refractivity contribution in [3.05, 3.63) is 29.8 Å². The van der Waals surface area contributed by atoms with E-state index in [1.807, 2.05) is 0 Å². The quantitative estimate of drug-likeness (QED) is 0.473. The summed E-state index contributed by atoms with van der Waals surface area (Å²) in [6.45, 7) is 4.21. The fraction of sp³-hybridized carbons (Fsp3) is 0.462. The molecule has 0 radical (unpaired) electrons. The SMILES string of the molecule is CC1CCCOC1.Nc1c[c-]ccc1C(=O)O.[Fe]. The maximum Gasteiger partial charge on any atom is 0.313 e. The van der Waals surface area contributed by atoms with Gasteiger partial charge in [-0.2, -0.15) is 24.3 Å². The van der Waals surface area contributed by atoms with Crippen LogP contribution in [0.25, 0.3) is 0 Å². The Morgan fingerprint density at radius 2 is 2.33 bits per heavy atom. The summed E-state index contributed by atoms with van der Waals surface area (Å²) in [6, 6.07) is 7.03. The third-order valence-electron chi connectivity index (χ3n) is 2.51. The molecule has 1 heterocycles. The van der Waals surface area contributed by atoms with Gasteiger partial charge in [0.25, 0.3) is 0 Å². The van der Waals surface area contributed by atoms with Gasteiger partial charge in [0.2, 0.25) is 0 Å². The number of hydrogen-bond donors (Lipinski definition) is 2. The van der Waals surface area contributed by atoms with Crippen LogP contribution < -0.4 is 5.73 Å². The molecule has 1 unspecified atom stereocenters. The topological polar surface area (TPSA) is 72.5 Å². The van der Waals surface area contributed by atoms with E-state index in [1.165, 1.54) is 31.0 Å². The number of benzene rings is 1. The molecule has 0 aliphatic carbocycles. The van der Waals surface area contributed by atoms with Gasteiger partial charge in [-0.25, -0.2) is 4.79 Å². The molecule has 0 amide bonds. The standard InChI is InChI=1S/C7H6NO2.C6H12O.Fe/c8-6-4-2-1-3-5(6)7(9)10;1-6-3-2-4-7-5-6;/h1,3-4H,8H2,(H,9,10);6H,2-5H2,1H3;/q-1;;. The molecule has 0 bridgehead atoms. The summed E-state index contributed by atoms with van der Waals surface area (Å²) >= 11 is 0. The number of carbonyl (C=O) groups is 1. The number of carboxylic acid groups (broad SMARTS) is 1. The molecule has 0 aromatic heterocycles. The third-order valence-corrected chi connectivity index (χ3v) is 2.51. The molecule has 1 aliphatic heterocycles. The van der Waals surface area contributed by atoms with Crippen molar-refractivity contribution in [3.63, 3.8) is 0 Å². The molecular weight excluding hydrogens is 274 g/mol. The summed E-state index contributed by atoms with van der Waals surface area (Å²) in [5.41, 5.74) is 5.68. The first-order valence-electron chi connectivity index (χ1n) is 5.68. The van der Waals surface area contributed by atoms with Gasteiger partial charge in [0.1, 0.15) is 0 Å². The Kier molecular flexibility index (Phi) is 8.46. The summed E-state index contributed by atoms with van der Waals surface area (Å²) in [7, 11) is 0. The van der Waals surface area contributed by atoms with E-state index in [4.69, 9.17) is 15.6 Å². The van der Waals surface area contributed by atoms with Gasteiger partial charge in [0.15, 0.2) is 0 Å². The van der Waals surface area contributed by atoms with Crippen LogP contribution in [0.15, 0.2) is 18.2 Å². The molecule has 1 aliphatic rings. The number of rotatable bonds is 1. The first-order chi connectivity index (χ1) is 8.11. The van der Waals surface area contributed by atoms with E-state index in [0.717, 1.165) is 19.1 Å². The Morgan fingerprint density at radius 3 is 2.67 bits per heavy atom. The van der Waals surface area contributed by atoms with E-state index in [2.05, 4.69) is 13.0 Å². The Bertz CT molecular complexity index is 365. The number of aromatic carboxylic acids is 1. The van der Waals surface area contributed by atoms with Crippen molar-refractivity contribution in [1.82, 2.24) is 0 Å². The van der Waals surface area contributed by atoms with E-state index in [1.54, 1.807) is 0 Å². The Hall–Kier alpha value is -1.03. The smallest absolute Gasteiger partial charge is 0.313 e. The summed E-state index contributed by atoms with van der Waals surface area (Å²) in [5, 5.41) is 8.47. The van der Waals surface area contributed by atoms with Crippen molar-refractivity contribution in [3.8, 4) is 0 Å². The minimum atomic E-state index is -1.01. The molecule has 102 valence electrons. The Balaban J connectivity index is 0.000000321. The van der Waals surface area contributed by atoms with E-state index < -0.39 is 5.97 Å². The van der Waals surface area contributed by atoms with Crippen molar-refractivity contribution < 1.29 is 31.7 Å². The average Bonchev–Trinajstić information content (AvgIpc) is 2.31. The summed E-state index contributed by atoms with van der Waals surface area (Å²) in [5.74, 6) is -0.194. The molecule has 3 N–H and O–H groups in total. The fourth-order valence-electron chi connectivity index (χ4n) is 1.54. The van der Waals surface area contributed by atoms with Gasteiger partial charge in [-0.3, -0.25) is 0 Å². The zero-order valence-electron chi connectivity index (χ0n) is 10.3. The van der Waals surface area contributed by atoms with E-state index >= 15 is 0 Å². The second-order valence-electron chi connectivity index (χ2n) is 4.14. The zero-order chi connectivity index (χ0) is 12.7. The van der Waals surface area contributed by atoms with Crippen molar-refractivity contribution >= 4 is 11.7 Å². The third kappa shape index (κ3) is 6.05. The normalized spacial score (nSPS) is 17.9. The van der Waals surface area contributed by atoms with E-state index in [-0.39, 0.29) is 28.3 Å². The summed E-state index contributed by atoms with van der Waals surface area (Å²) in [4.78, 5) is 10.3. The van der Waals surface area contributed by atoms with Crippen LogP contribution >= 0.6 is 0 Å². The van der Waals surface area contributed by atoms with Gasteiger partial charge in [-0.15, -0.1) is 0 Å². The molecule has 4 nitrogen and oxygen atoms in total. The van der Waals surface area contributed by atoms with E-state index in [9.17, 15) is 4.79 Å². The van der Waals surface area contributed by atoms with Gasteiger partial charge >= 0.3 is 5.97 Å². The molecule has 1 aromatic carbocycles. The van der Waals surface area contributed by atoms with Crippen LogP contribution in [0, 0.1) is 12.0 Å². The molecule has 1 fully saturated rings.